The zero-order valence-electron chi connectivity index (χ0n) is 10.9. The van der Waals surface area contributed by atoms with Crippen LogP contribution in [0.15, 0.2) is 30.3 Å². The molecule has 1 aromatic rings. The molecule has 6 heteroatoms. The number of hydrogen-bond donors (Lipinski definition) is 2. The standard InChI is InChI=1S/C14H17NO4S/c16-13(6-7-20)15-9-11(8-12(15)14(17)18)19-10-4-2-1-3-5-10/h1-5,11-12,20H,6-9H2,(H,17,18)/t11?,12-/m0/s1. The first kappa shape index (κ1) is 14.7. The lowest BCUT2D eigenvalue weighted by Gasteiger charge is -2.20. The minimum absolute atomic E-state index is 0.188. The molecular weight excluding hydrogens is 278 g/mol. The number of nitrogens with zero attached hydrogens (tertiary/aromatic N) is 1. The van der Waals surface area contributed by atoms with Crippen LogP contribution in [-0.2, 0) is 9.59 Å². The highest BCUT2D eigenvalue weighted by molar-refractivity contribution is 7.80. The molecule has 5 nitrogen and oxygen atoms in total. The normalized spacial score (nSPS) is 21.8. The first-order valence-corrected chi connectivity index (χ1v) is 7.10. The van der Waals surface area contributed by atoms with Crippen LogP contribution in [0.4, 0.5) is 0 Å². The van der Waals surface area contributed by atoms with Crippen LogP contribution in [0.5, 0.6) is 5.75 Å². The monoisotopic (exact) mass is 295 g/mol. The number of likely N-dealkylation sites (tertiary alicyclic amines) is 1. The topological polar surface area (TPSA) is 66.8 Å². The van der Waals surface area contributed by atoms with Crippen LogP contribution < -0.4 is 4.74 Å². The van der Waals surface area contributed by atoms with Gasteiger partial charge in [-0.3, -0.25) is 4.79 Å². The maximum Gasteiger partial charge on any atom is 0.326 e. The summed E-state index contributed by atoms with van der Waals surface area (Å²) < 4.78 is 5.74. The Bertz CT molecular complexity index is 479. The lowest BCUT2D eigenvalue weighted by molar-refractivity contribution is -0.148. The molecule has 1 saturated heterocycles. The molecule has 0 aliphatic carbocycles. The second-order valence-electron chi connectivity index (χ2n) is 4.66. The van der Waals surface area contributed by atoms with Gasteiger partial charge in [0, 0.05) is 12.8 Å². The first-order valence-electron chi connectivity index (χ1n) is 6.46. The van der Waals surface area contributed by atoms with Gasteiger partial charge in [-0.15, -0.1) is 0 Å². The SMILES string of the molecule is O=C(O)[C@@H]1CC(Oc2ccccc2)CN1C(=O)CCS. The molecule has 0 radical (unpaired) electrons. The zero-order chi connectivity index (χ0) is 14.5. The van der Waals surface area contributed by atoms with Crippen LogP contribution in [0.25, 0.3) is 0 Å². The molecule has 1 N–H and O–H groups in total. The molecule has 1 amide bonds. The van der Waals surface area contributed by atoms with Crippen molar-refractivity contribution in [1.29, 1.82) is 0 Å². The van der Waals surface area contributed by atoms with Gasteiger partial charge in [0.2, 0.25) is 5.91 Å². The number of rotatable bonds is 5. The van der Waals surface area contributed by atoms with Gasteiger partial charge in [0.1, 0.15) is 17.9 Å². The predicted molar refractivity (Wildman–Crippen MR) is 77.1 cm³/mol. The van der Waals surface area contributed by atoms with Crippen molar-refractivity contribution in [3.05, 3.63) is 30.3 Å². The summed E-state index contributed by atoms with van der Waals surface area (Å²) in [5.74, 6) is -0.0836. The largest absolute Gasteiger partial charge is 0.488 e. The summed E-state index contributed by atoms with van der Waals surface area (Å²) in [4.78, 5) is 24.5. The molecular formula is C14H17NO4S. The number of ether oxygens (including phenoxy) is 1. The molecule has 0 aromatic heterocycles. The number of carbonyl (C=O) groups is 2. The van der Waals surface area contributed by atoms with E-state index in [2.05, 4.69) is 12.6 Å². The van der Waals surface area contributed by atoms with Crippen molar-refractivity contribution in [3.8, 4) is 5.75 Å². The minimum atomic E-state index is -0.989. The van der Waals surface area contributed by atoms with Crippen LogP contribution in [0.1, 0.15) is 12.8 Å². The molecule has 1 aliphatic heterocycles. The highest BCUT2D eigenvalue weighted by Crippen LogP contribution is 2.24. The van der Waals surface area contributed by atoms with Gasteiger partial charge in [-0.25, -0.2) is 4.79 Å². The van der Waals surface area contributed by atoms with Crippen molar-refractivity contribution in [2.45, 2.75) is 25.0 Å². The van der Waals surface area contributed by atoms with E-state index < -0.39 is 12.0 Å². The summed E-state index contributed by atoms with van der Waals surface area (Å²) in [6, 6.07) is 8.40. The molecule has 1 fully saturated rings. The van der Waals surface area contributed by atoms with E-state index in [4.69, 9.17) is 4.74 Å². The average molecular weight is 295 g/mol. The number of benzene rings is 1. The van der Waals surface area contributed by atoms with Crippen molar-refractivity contribution in [3.63, 3.8) is 0 Å². The van der Waals surface area contributed by atoms with Gasteiger partial charge in [-0.1, -0.05) is 18.2 Å². The molecule has 108 valence electrons. The number of carbonyl (C=O) groups excluding carboxylic acids is 1. The highest BCUT2D eigenvalue weighted by Gasteiger charge is 2.40. The van der Waals surface area contributed by atoms with Gasteiger partial charge in [-0.05, 0) is 17.9 Å². The Morgan fingerprint density at radius 2 is 2.05 bits per heavy atom. The first-order chi connectivity index (χ1) is 9.61. The fourth-order valence-electron chi connectivity index (χ4n) is 2.32. The Balaban J connectivity index is 2.04. The van der Waals surface area contributed by atoms with Gasteiger partial charge in [-0.2, -0.15) is 12.6 Å². The van der Waals surface area contributed by atoms with E-state index in [0.717, 1.165) is 0 Å². The number of amides is 1. The molecule has 1 heterocycles. The Morgan fingerprint density at radius 1 is 1.35 bits per heavy atom. The number of carboxylic acids is 1. The van der Waals surface area contributed by atoms with Crippen LogP contribution >= 0.6 is 12.6 Å². The van der Waals surface area contributed by atoms with E-state index >= 15 is 0 Å². The fraction of sp³-hybridized carbons (Fsp3) is 0.429. The van der Waals surface area contributed by atoms with E-state index in [-0.39, 0.29) is 18.4 Å². The molecule has 1 aromatic carbocycles. The van der Waals surface area contributed by atoms with Crippen LogP contribution in [0, 0.1) is 0 Å². The van der Waals surface area contributed by atoms with Crippen LogP contribution in [-0.4, -0.2) is 46.3 Å². The molecule has 0 saturated carbocycles. The lowest BCUT2D eigenvalue weighted by atomic mass is 10.2. The van der Waals surface area contributed by atoms with Gasteiger partial charge >= 0.3 is 5.97 Å². The second-order valence-corrected chi connectivity index (χ2v) is 5.11. The van der Waals surface area contributed by atoms with E-state index in [1.54, 1.807) is 0 Å². The van der Waals surface area contributed by atoms with Gasteiger partial charge < -0.3 is 14.7 Å². The quantitative estimate of drug-likeness (QED) is 0.807. The van der Waals surface area contributed by atoms with Gasteiger partial charge in [0.25, 0.3) is 0 Å². The summed E-state index contributed by atoms with van der Waals surface area (Å²) in [7, 11) is 0. The number of aliphatic carboxylic acids is 1. The molecule has 1 aliphatic rings. The highest BCUT2D eigenvalue weighted by atomic mass is 32.1. The third kappa shape index (κ3) is 3.45. The minimum Gasteiger partial charge on any atom is -0.488 e. The van der Waals surface area contributed by atoms with E-state index in [0.29, 0.717) is 24.5 Å². The maximum atomic E-state index is 11.9. The molecule has 2 atom stereocenters. The molecule has 20 heavy (non-hydrogen) atoms. The van der Waals surface area contributed by atoms with E-state index in [1.165, 1.54) is 4.90 Å². The second kappa shape index (κ2) is 6.65. The van der Waals surface area contributed by atoms with E-state index in [9.17, 15) is 14.7 Å². The maximum absolute atomic E-state index is 11.9. The summed E-state index contributed by atoms with van der Waals surface area (Å²) in [5, 5.41) is 9.22. The zero-order valence-corrected chi connectivity index (χ0v) is 11.8. The average Bonchev–Trinajstić information content (AvgIpc) is 2.84. The molecule has 1 unspecified atom stereocenters. The Hall–Kier alpha value is -1.69. The lowest BCUT2D eigenvalue weighted by Crippen LogP contribution is -2.40. The number of hydrogen-bond acceptors (Lipinski definition) is 4. The summed E-state index contributed by atoms with van der Waals surface area (Å²) >= 11 is 4.01. The Labute approximate surface area is 122 Å². The molecule has 2 rings (SSSR count). The van der Waals surface area contributed by atoms with Crippen molar-refractivity contribution in [1.82, 2.24) is 4.90 Å². The van der Waals surface area contributed by atoms with Crippen molar-refractivity contribution in [2.24, 2.45) is 0 Å². The van der Waals surface area contributed by atoms with Crippen molar-refractivity contribution >= 4 is 24.5 Å². The third-order valence-corrected chi connectivity index (χ3v) is 3.46. The summed E-state index contributed by atoms with van der Waals surface area (Å²) in [5.41, 5.74) is 0. The van der Waals surface area contributed by atoms with E-state index in [1.807, 2.05) is 30.3 Å². The van der Waals surface area contributed by atoms with Crippen molar-refractivity contribution < 1.29 is 19.4 Å². The number of para-hydroxylation sites is 1. The molecule has 0 bridgehead atoms. The summed E-state index contributed by atoms with van der Waals surface area (Å²) in [6.07, 6.45) is 0.260. The Morgan fingerprint density at radius 3 is 2.65 bits per heavy atom. The Kier molecular flexibility index (Phi) is 4.89. The van der Waals surface area contributed by atoms with Gasteiger partial charge in [0.15, 0.2) is 0 Å². The fourth-order valence-corrected chi connectivity index (χ4v) is 2.51. The van der Waals surface area contributed by atoms with Gasteiger partial charge in [0.05, 0.1) is 6.54 Å². The summed E-state index contributed by atoms with van der Waals surface area (Å²) in [6.45, 7) is 0.304. The molecule has 0 spiro atoms. The third-order valence-electron chi connectivity index (χ3n) is 3.24. The van der Waals surface area contributed by atoms with Crippen LogP contribution in [0.2, 0.25) is 0 Å². The number of carboxylic acid groups (broad SMARTS) is 1. The van der Waals surface area contributed by atoms with Crippen LogP contribution in [0.3, 0.4) is 0 Å². The van der Waals surface area contributed by atoms with Crippen molar-refractivity contribution in [2.75, 3.05) is 12.3 Å². The smallest absolute Gasteiger partial charge is 0.326 e. The number of thiol groups is 1. The predicted octanol–water partition coefficient (Wildman–Crippen LogP) is 1.44.